The summed E-state index contributed by atoms with van der Waals surface area (Å²) in [5.41, 5.74) is 2.93. The first-order valence-corrected chi connectivity index (χ1v) is 9.07. The number of rotatable bonds is 5. The van der Waals surface area contributed by atoms with Gasteiger partial charge in [-0.05, 0) is 36.4 Å². The van der Waals surface area contributed by atoms with Gasteiger partial charge in [-0.3, -0.25) is 0 Å². The van der Waals surface area contributed by atoms with Gasteiger partial charge in [0, 0.05) is 23.8 Å². The monoisotopic (exact) mass is 382 g/mol. The van der Waals surface area contributed by atoms with Gasteiger partial charge in [-0.1, -0.05) is 23.7 Å². The second-order valence-corrected chi connectivity index (χ2v) is 6.48. The average Bonchev–Trinajstić information content (AvgIpc) is 2.71. The number of morpholine rings is 1. The van der Waals surface area contributed by atoms with Crippen molar-refractivity contribution in [3.63, 3.8) is 0 Å². The van der Waals surface area contributed by atoms with Crippen molar-refractivity contribution in [3.8, 4) is 0 Å². The molecule has 1 aromatic heterocycles. The summed E-state index contributed by atoms with van der Waals surface area (Å²) < 4.78 is 5.45. The van der Waals surface area contributed by atoms with E-state index in [0.717, 1.165) is 43.4 Å². The summed E-state index contributed by atoms with van der Waals surface area (Å²) in [6.07, 6.45) is 1.60. The normalized spacial score (nSPS) is 14.0. The van der Waals surface area contributed by atoms with Gasteiger partial charge in [-0.25, -0.2) is 0 Å². The number of aromatic nitrogens is 3. The molecule has 2 N–H and O–H groups in total. The molecule has 0 aliphatic carbocycles. The van der Waals surface area contributed by atoms with Crippen LogP contribution in [0.3, 0.4) is 0 Å². The van der Waals surface area contributed by atoms with Crippen LogP contribution in [0.1, 0.15) is 0 Å². The Morgan fingerprint density at radius 2 is 1.74 bits per heavy atom. The van der Waals surface area contributed by atoms with Crippen LogP contribution in [0.4, 0.5) is 28.8 Å². The van der Waals surface area contributed by atoms with Gasteiger partial charge in [0.25, 0.3) is 0 Å². The standard InChI is InChI=1S/C19H19ClN6O/c20-14-5-7-15(8-6-14)22-19-24-18(13-21-25-19)23-16-3-1-2-4-17(16)26-9-11-27-12-10-26/h1-8,13H,9-12H2,(H2,22,23,24,25). The average molecular weight is 383 g/mol. The lowest BCUT2D eigenvalue weighted by atomic mass is 10.2. The summed E-state index contributed by atoms with van der Waals surface area (Å²) in [7, 11) is 0. The molecule has 1 aliphatic heterocycles. The molecule has 0 spiro atoms. The van der Waals surface area contributed by atoms with Gasteiger partial charge < -0.3 is 20.3 Å². The Labute approximate surface area is 162 Å². The first-order valence-electron chi connectivity index (χ1n) is 8.69. The van der Waals surface area contributed by atoms with Gasteiger partial charge in [0.05, 0.1) is 30.8 Å². The van der Waals surface area contributed by atoms with Crippen LogP contribution in [-0.2, 0) is 4.74 Å². The van der Waals surface area contributed by atoms with Crippen molar-refractivity contribution in [1.82, 2.24) is 15.2 Å². The third-order valence-corrected chi connectivity index (χ3v) is 4.43. The number of anilines is 5. The predicted molar refractivity (Wildman–Crippen MR) is 107 cm³/mol. The molecule has 7 nitrogen and oxygen atoms in total. The van der Waals surface area contributed by atoms with Crippen molar-refractivity contribution >= 4 is 40.4 Å². The van der Waals surface area contributed by atoms with Crippen molar-refractivity contribution in [1.29, 1.82) is 0 Å². The Balaban J connectivity index is 1.52. The zero-order valence-electron chi connectivity index (χ0n) is 14.6. The highest BCUT2D eigenvalue weighted by Gasteiger charge is 2.15. The largest absolute Gasteiger partial charge is 0.378 e. The summed E-state index contributed by atoms with van der Waals surface area (Å²) in [6, 6.07) is 15.5. The number of hydrogen-bond donors (Lipinski definition) is 2. The molecule has 2 heterocycles. The van der Waals surface area contributed by atoms with E-state index in [2.05, 4.69) is 36.8 Å². The SMILES string of the molecule is Clc1ccc(Nc2nncc(Nc3ccccc3N3CCOCC3)n2)cc1. The Bertz CT molecular complexity index is 899. The Hall–Kier alpha value is -2.90. The van der Waals surface area contributed by atoms with Crippen LogP contribution in [0.25, 0.3) is 0 Å². The lowest BCUT2D eigenvalue weighted by molar-refractivity contribution is 0.123. The molecule has 138 valence electrons. The van der Waals surface area contributed by atoms with E-state index in [1.54, 1.807) is 18.3 Å². The molecule has 2 aromatic carbocycles. The van der Waals surface area contributed by atoms with E-state index >= 15 is 0 Å². The number of para-hydroxylation sites is 2. The van der Waals surface area contributed by atoms with Crippen LogP contribution in [0.5, 0.6) is 0 Å². The highest BCUT2D eigenvalue weighted by atomic mass is 35.5. The van der Waals surface area contributed by atoms with Gasteiger partial charge in [0.2, 0.25) is 5.95 Å². The van der Waals surface area contributed by atoms with Gasteiger partial charge in [-0.15, -0.1) is 5.10 Å². The summed E-state index contributed by atoms with van der Waals surface area (Å²) in [5, 5.41) is 15.2. The van der Waals surface area contributed by atoms with E-state index in [4.69, 9.17) is 16.3 Å². The Kier molecular flexibility index (Phi) is 5.32. The van der Waals surface area contributed by atoms with Crippen molar-refractivity contribution in [2.24, 2.45) is 0 Å². The minimum Gasteiger partial charge on any atom is -0.378 e. The van der Waals surface area contributed by atoms with Crippen LogP contribution in [-0.4, -0.2) is 41.5 Å². The fourth-order valence-electron chi connectivity index (χ4n) is 2.88. The van der Waals surface area contributed by atoms with Crippen LogP contribution < -0.4 is 15.5 Å². The minimum atomic E-state index is 0.408. The predicted octanol–water partition coefficient (Wildman–Crippen LogP) is 3.85. The summed E-state index contributed by atoms with van der Waals surface area (Å²) in [4.78, 5) is 6.80. The fourth-order valence-corrected chi connectivity index (χ4v) is 3.00. The zero-order chi connectivity index (χ0) is 18.5. The van der Waals surface area contributed by atoms with E-state index in [1.807, 2.05) is 30.3 Å². The molecule has 3 aromatic rings. The molecule has 1 fully saturated rings. The number of halogens is 1. The molecule has 0 saturated carbocycles. The van der Waals surface area contributed by atoms with Crippen LogP contribution in [0, 0.1) is 0 Å². The first kappa shape index (κ1) is 17.5. The Morgan fingerprint density at radius 3 is 2.56 bits per heavy atom. The van der Waals surface area contributed by atoms with E-state index < -0.39 is 0 Å². The number of hydrogen-bond acceptors (Lipinski definition) is 7. The first-order chi connectivity index (χ1) is 13.3. The topological polar surface area (TPSA) is 75.2 Å². The summed E-state index contributed by atoms with van der Waals surface area (Å²) in [6.45, 7) is 3.20. The summed E-state index contributed by atoms with van der Waals surface area (Å²) >= 11 is 5.92. The van der Waals surface area contributed by atoms with Crippen molar-refractivity contribution < 1.29 is 4.74 Å². The molecule has 0 radical (unpaired) electrons. The van der Waals surface area contributed by atoms with E-state index in [9.17, 15) is 0 Å². The fraction of sp³-hybridized carbons (Fsp3) is 0.211. The number of nitrogens with one attached hydrogen (secondary N) is 2. The van der Waals surface area contributed by atoms with Gasteiger partial charge in [-0.2, -0.15) is 10.1 Å². The van der Waals surface area contributed by atoms with Crippen LogP contribution >= 0.6 is 11.6 Å². The quantitative estimate of drug-likeness (QED) is 0.694. The minimum absolute atomic E-state index is 0.408. The molecular weight excluding hydrogens is 364 g/mol. The molecule has 1 saturated heterocycles. The molecule has 0 amide bonds. The molecular formula is C19H19ClN6O. The summed E-state index contributed by atoms with van der Waals surface area (Å²) in [5.74, 6) is 1.02. The second-order valence-electron chi connectivity index (χ2n) is 6.04. The van der Waals surface area contributed by atoms with Crippen molar-refractivity contribution in [2.75, 3.05) is 41.8 Å². The van der Waals surface area contributed by atoms with Crippen LogP contribution in [0.2, 0.25) is 5.02 Å². The van der Waals surface area contributed by atoms with E-state index in [1.165, 1.54) is 0 Å². The molecule has 8 heteroatoms. The highest BCUT2D eigenvalue weighted by molar-refractivity contribution is 6.30. The maximum Gasteiger partial charge on any atom is 0.249 e. The lowest BCUT2D eigenvalue weighted by Crippen LogP contribution is -2.36. The molecule has 0 atom stereocenters. The molecule has 4 rings (SSSR count). The molecule has 1 aliphatic rings. The van der Waals surface area contributed by atoms with Gasteiger partial charge in [0.15, 0.2) is 5.82 Å². The van der Waals surface area contributed by atoms with Gasteiger partial charge in [0.1, 0.15) is 0 Å². The molecule has 0 unspecified atom stereocenters. The third-order valence-electron chi connectivity index (χ3n) is 4.18. The zero-order valence-corrected chi connectivity index (χ0v) is 15.4. The second kappa shape index (κ2) is 8.20. The maximum atomic E-state index is 5.92. The van der Waals surface area contributed by atoms with Crippen molar-refractivity contribution in [3.05, 3.63) is 59.8 Å². The van der Waals surface area contributed by atoms with Gasteiger partial charge >= 0.3 is 0 Å². The maximum absolute atomic E-state index is 5.92. The number of benzene rings is 2. The van der Waals surface area contributed by atoms with E-state index in [-0.39, 0.29) is 0 Å². The van der Waals surface area contributed by atoms with Crippen LogP contribution in [0.15, 0.2) is 54.7 Å². The van der Waals surface area contributed by atoms with Crippen molar-refractivity contribution in [2.45, 2.75) is 0 Å². The third kappa shape index (κ3) is 4.45. The number of ether oxygens (including phenoxy) is 1. The molecule has 27 heavy (non-hydrogen) atoms. The highest BCUT2D eigenvalue weighted by Crippen LogP contribution is 2.28. The number of nitrogens with zero attached hydrogens (tertiary/aromatic N) is 4. The lowest BCUT2D eigenvalue weighted by Gasteiger charge is -2.30. The Morgan fingerprint density at radius 1 is 0.963 bits per heavy atom. The molecule has 0 bridgehead atoms. The smallest absolute Gasteiger partial charge is 0.249 e. The van der Waals surface area contributed by atoms with E-state index in [0.29, 0.717) is 16.8 Å².